The maximum Gasteiger partial charge on any atom is 0.333 e. The van der Waals surface area contributed by atoms with Gasteiger partial charge in [-0.25, -0.2) is 4.79 Å². The summed E-state index contributed by atoms with van der Waals surface area (Å²) in [5.41, 5.74) is 0.444. The highest BCUT2D eigenvalue weighted by atomic mass is 35.5. The molecule has 9 heteroatoms. The lowest BCUT2D eigenvalue weighted by Crippen LogP contribution is -2.52. The van der Waals surface area contributed by atoms with Crippen LogP contribution in [0.4, 0.5) is 4.79 Å². The summed E-state index contributed by atoms with van der Waals surface area (Å²) in [6, 6.07) is 11.5. The Morgan fingerprint density at radius 1 is 0.844 bits per heavy atom. The first-order valence-corrected chi connectivity index (χ1v) is 10.3. The van der Waals surface area contributed by atoms with Gasteiger partial charge in [0.25, 0.3) is 11.8 Å². The van der Waals surface area contributed by atoms with Crippen LogP contribution in [0.15, 0.2) is 48.0 Å². The molecule has 1 heterocycles. The molecule has 2 aromatic carbocycles. The number of likely N-dealkylation sites (N-methyl/N-ethyl adjacent to an activating group) is 2. The quantitative estimate of drug-likeness (QED) is 0.341. The minimum absolute atomic E-state index is 0.112. The molecule has 0 aliphatic carbocycles. The molecular formula is C23H23ClN2O6. The van der Waals surface area contributed by atoms with Crippen molar-refractivity contribution in [2.24, 2.45) is 0 Å². The summed E-state index contributed by atoms with van der Waals surface area (Å²) in [6.45, 7) is 2.75. The molecule has 1 fully saturated rings. The van der Waals surface area contributed by atoms with Crippen LogP contribution in [0.5, 0.6) is 17.2 Å². The number of hydrogen-bond acceptors (Lipinski definition) is 6. The van der Waals surface area contributed by atoms with E-state index in [4.69, 9.17) is 25.8 Å². The average molecular weight is 459 g/mol. The van der Waals surface area contributed by atoms with E-state index in [0.29, 0.717) is 34.4 Å². The number of imide groups is 2. The van der Waals surface area contributed by atoms with Crippen molar-refractivity contribution < 1.29 is 28.6 Å². The second-order valence-corrected chi connectivity index (χ2v) is 7.24. The number of carbonyl (C=O) groups is 3. The summed E-state index contributed by atoms with van der Waals surface area (Å²) in [5, 5.41) is 0.518. The van der Waals surface area contributed by atoms with E-state index < -0.39 is 17.8 Å². The fraction of sp³-hybridized carbons (Fsp3) is 0.261. The summed E-state index contributed by atoms with van der Waals surface area (Å²) in [4.78, 5) is 38.5. The molecule has 1 aliphatic rings. The third-order valence-electron chi connectivity index (χ3n) is 4.66. The van der Waals surface area contributed by atoms with Gasteiger partial charge >= 0.3 is 6.03 Å². The fourth-order valence-electron chi connectivity index (χ4n) is 3.01. The lowest BCUT2D eigenvalue weighted by atomic mass is 10.1. The Kier molecular flexibility index (Phi) is 7.37. The van der Waals surface area contributed by atoms with Gasteiger partial charge in [0.05, 0.1) is 11.6 Å². The first-order chi connectivity index (χ1) is 15.3. The van der Waals surface area contributed by atoms with Gasteiger partial charge in [0, 0.05) is 14.1 Å². The third kappa shape index (κ3) is 5.03. The van der Waals surface area contributed by atoms with Crippen molar-refractivity contribution in [1.29, 1.82) is 0 Å². The van der Waals surface area contributed by atoms with Gasteiger partial charge in [-0.3, -0.25) is 19.4 Å². The van der Waals surface area contributed by atoms with Crippen LogP contribution in [0.2, 0.25) is 5.02 Å². The Morgan fingerprint density at radius 3 is 2.09 bits per heavy atom. The molecule has 0 radical (unpaired) electrons. The SMILES string of the molecule is CCOc1cc(C=C2C(=O)N(C)C(=O)N(C)C2=O)ccc1OCCOc1ccccc1Cl. The zero-order valence-corrected chi connectivity index (χ0v) is 18.7. The van der Waals surface area contributed by atoms with E-state index in [9.17, 15) is 14.4 Å². The standard InChI is InChI=1S/C23H23ClN2O6/c1-4-30-20-14-15(13-16-21(27)25(2)23(29)26(3)22(16)28)9-10-19(20)32-12-11-31-18-8-6-5-7-17(18)24/h5-10,13-14H,4,11-12H2,1-3H3. The van der Waals surface area contributed by atoms with Crippen LogP contribution in [0, 0.1) is 0 Å². The van der Waals surface area contributed by atoms with Crippen molar-refractivity contribution in [2.75, 3.05) is 33.9 Å². The molecule has 0 N–H and O–H groups in total. The van der Waals surface area contributed by atoms with Gasteiger partial charge in [-0.15, -0.1) is 0 Å². The van der Waals surface area contributed by atoms with Gasteiger partial charge in [0.15, 0.2) is 11.5 Å². The number of nitrogens with zero attached hydrogens (tertiary/aromatic N) is 2. The van der Waals surface area contributed by atoms with Crippen LogP contribution in [-0.4, -0.2) is 61.6 Å². The molecule has 3 rings (SSSR count). The second-order valence-electron chi connectivity index (χ2n) is 6.84. The summed E-state index contributed by atoms with van der Waals surface area (Å²) >= 11 is 6.07. The molecule has 0 unspecified atom stereocenters. The Labute approximate surface area is 190 Å². The molecule has 0 atom stereocenters. The fourth-order valence-corrected chi connectivity index (χ4v) is 3.20. The summed E-state index contributed by atoms with van der Waals surface area (Å²) in [7, 11) is 2.66. The lowest BCUT2D eigenvalue weighted by molar-refractivity contribution is -0.134. The van der Waals surface area contributed by atoms with Crippen molar-refractivity contribution in [2.45, 2.75) is 6.92 Å². The number of urea groups is 1. The number of rotatable bonds is 8. The summed E-state index contributed by atoms with van der Waals surface area (Å²) < 4.78 is 17.0. The van der Waals surface area contributed by atoms with Crippen LogP contribution >= 0.6 is 11.6 Å². The summed E-state index contributed by atoms with van der Waals surface area (Å²) in [5.74, 6) is 0.191. The molecular weight excluding hydrogens is 436 g/mol. The minimum atomic E-state index is -0.671. The maximum absolute atomic E-state index is 12.4. The normalized spacial score (nSPS) is 14.0. The molecule has 32 heavy (non-hydrogen) atoms. The lowest BCUT2D eigenvalue weighted by Gasteiger charge is -2.28. The highest BCUT2D eigenvalue weighted by Gasteiger charge is 2.37. The predicted molar refractivity (Wildman–Crippen MR) is 119 cm³/mol. The number of barbiturate groups is 1. The third-order valence-corrected chi connectivity index (χ3v) is 4.97. The number of ether oxygens (including phenoxy) is 3. The molecule has 168 valence electrons. The first-order valence-electron chi connectivity index (χ1n) is 9.92. The number of benzene rings is 2. The Morgan fingerprint density at radius 2 is 1.47 bits per heavy atom. The number of amides is 4. The molecule has 1 aliphatic heterocycles. The number of halogens is 1. The monoisotopic (exact) mass is 458 g/mol. The molecule has 0 spiro atoms. The van der Waals surface area contributed by atoms with Gasteiger partial charge in [0.2, 0.25) is 0 Å². The minimum Gasteiger partial charge on any atom is -0.490 e. The highest BCUT2D eigenvalue weighted by Crippen LogP contribution is 2.30. The highest BCUT2D eigenvalue weighted by molar-refractivity contribution is 6.32. The Hall–Kier alpha value is -3.52. The molecule has 0 bridgehead atoms. The van der Waals surface area contributed by atoms with Crippen LogP contribution < -0.4 is 14.2 Å². The van der Waals surface area contributed by atoms with Crippen molar-refractivity contribution >= 4 is 35.5 Å². The maximum atomic E-state index is 12.4. The van der Waals surface area contributed by atoms with E-state index in [1.54, 1.807) is 30.3 Å². The number of hydrogen-bond donors (Lipinski definition) is 0. The molecule has 0 aromatic heterocycles. The predicted octanol–water partition coefficient (Wildman–Crippen LogP) is 3.63. The van der Waals surface area contributed by atoms with Crippen LogP contribution in [0.1, 0.15) is 12.5 Å². The first kappa shape index (κ1) is 23.1. The molecule has 8 nitrogen and oxygen atoms in total. The van der Waals surface area contributed by atoms with E-state index >= 15 is 0 Å². The van der Waals surface area contributed by atoms with Crippen LogP contribution in [0.25, 0.3) is 6.08 Å². The molecule has 4 amide bonds. The largest absolute Gasteiger partial charge is 0.490 e. The Bertz CT molecular complexity index is 1040. The van der Waals surface area contributed by atoms with Gasteiger partial charge < -0.3 is 14.2 Å². The second kappa shape index (κ2) is 10.2. The van der Waals surface area contributed by atoms with Gasteiger partial charge in [-0.2, -0.15) is 0 Å². The molecule has 0 saturated carbocycles. The zero-order valence-electron chi connectivity index (χ0n) is 18.0. The van der Waals surface area contributed by atoms with Crippen molar-refractivity contribution in [3.8, 4) is 17.2 Å². The van der Waals surface area contributed by atoms with E-state index in [0.717, 1.165) is 9.80 Å². The van der Waals surface area contributed by atoms with Gasteiger partial charge in [0.1, 0.15) is 24.5 Å². The number of para-hydroxylation sites is 1. The van der Waals surface area contributed by atoms with Crippen LogP contribution in [-0.2, 0) is 9.59 Å². The number of carbonyl (C=O) groups excluding carboxylic acids is 3. The van der Waals surface area contributed by atoms with Crippen LogP contribution in [0.3, 0.4) is 0 Å². The van der Waals surface area contributed by atoms with Crippen molar-refractivity contribution in [3.63, 3.8) is 0 Å². The van der Waals surface area contributed by atoms with Gasteiger partial charge in [-0.1, -0.05) is 29.8 Å². The van der Waals surface area contributed by atoms with Gasteiger partial charge in [-0.05, 0) is 42.8 Å². The topological polar surface area (TPSA) is 85.4 Å². The molecule has 1 saturated heterocycles. The van der Waals surface area contributed by atoms with E-state index in [-0.39, 0.29) is 18.8 Å². The van der Waals surface area contributed by atoms with E-state index in [2.05, 4.69) is 0 Å². The smallest absolute Gasteiger partial charge is 0.333 e. The zero-order chi connectivity index (χ0) is 23.3. The summed E-state index contributed by atoms with van der Waals surface area (Å²) in [6.07, 6.45) is 1.43. The van der Waals surface area contributed by atoms with E-state index in [1.807, 2.05) is 19.1 Å². The van der Waals surface area contributed by atoms with Crippen molar-refractivity contribution in [1.82, 2.24) is 9.80 Å². The van der Waals surface area contributed by atoms with Crippen molar-refractivity contribution in [3.05, 3.63) is 58.6 Å². The molecule has 2 aromatic rings. The Balaban J connectivity index is 1.73. The average Bonchev–Trinajstić information content (AvgIpc) is 2.79. The van der Waals surface area contributed by atoms with E-state index in [1.165, 1.54) is 20.2 Å².